The van der Waals surface area contributed by atoms with Gasteiger partial charge in [-0.15, -0.1) is 0 Å². The Morgan fingerprint density at radius 1 is 1.22 bits per heavy atom. The fourth-order valence-corrected chi connectivity index (χ4v) is 2.45. The number of hydrogen-bond acceptors (Lipinski definition) is 4. The molecule has 0 aliphatic carbocycles. The van der Waals surface area contributed by atoms with Gasteiger partial charge in [-0.1, -0.05) is 18.7 Å². The van der Waals surface area contributed by atoms with E-state index in [4.69, 9.17) is 5.14 Å². The molecule has 2 N–H and O–H groups in total. The van der Waals surface area contributed by atoms with E-state index in [-0.39, 0.29) is 22.6 Å². The Morgan fingerprint density at radius 2 is 1.83 bits per heavy atom. The van der Waals surface area contributed by atoms with E-state index in [1.807, 2.05) is 0 Å². The van der Waals surface area contributed by atoms with Crippen molar-refractivity contribution in [3.63, 3.8) is 0 Å². The van der Waals surface area contributed by atoms with Gasteiger partial charge in [-0.3, -0.25) is 9.59 Å². The summed E-state index contributed by atoms with van der Waals surface area (Å²) in [5.74, 6) is -1.11. The van der Waals surface area contributed by atoms with Crippen LogP contribution in [0.1, 0.15) is 6.42 Å². The Morgan fingerprint density at radius 3 is 2.33 bits per heavy atom. The number of carbonyl (C=O) groups is 2. The van der Waals surface area contributed by atoms with Crippen LogP contribution in [0.15, 0.2) is 41.3 Å². The molecule has 1 saturated heterocycles. The van der Waals surface area contributed by atoms with Crippen LogP contribution in [-0.4, -0.2) is 20.2 Å². The highest BCUT2D eigenvalue weighted by molar-refractivity contribution is 7.89. The SMILES string of the molecule is C=C1CC(=O)N(c2ccccc2S(N)(=O)=O)C1=O. The molecule has 0 radical (unpaired) electrons. The zero-order valence-electron chi connectivity index (χ0n) is 9.29. The minimum Gasteiger partial charge on any atom is -0.274 e. The average molecular weight is 266 g/mol. The summed E-state index contributed by atoms with van der Waals surface area (Å²) in [4.78, 5) is 24.0. The molecule has 6 nitrogen and oxygen atoms in total. The molecule has 0 saturated carbocycles. The Bertz CT molecular complexity index is 663. The minimum atomic E-state index is -4.01. The van der Waals surface area contributed by atoms with E-state index in [2.05, 4.69) is 6.58 Å². The summed E-state index contributed by atoms with van der Waals surface area (Å²) in [6, 6.07) is 5.58. The lowest BCUT2D eigenvalue weighted by molar-refractivity contribution is -0.120. The van der Waals surface area contributed by atoms with Gasteiger partial charge in [-0.05, 0) is 12.1 Å². The van der Waals surface area contributed by atoms with Crippen LogP contribution in [0, 0.1) is 0 Å². The highest BCUT2D eigenvalue weighted by atomic mass is 32.2. The van der Waals surface area contributed by atoms with Crippen LogP contribution in [0.3, 0.4) is 0 Å². The van der Waals surface area contributed by atoms with E-state index in [0.29, 0.717) is 0 Å². The summed E-state index contributed by atoms with van der Waals surface area (Å²) in [6.45, 7) is 3.46. The second kappa shape index (κ2) is 4.04. The molecule has 2 rings (SSSR count). The molecule has 0 aromatic heterocycles. The number of primary sulfonamides is 1. The maximum absolute atomic E-state index is 11.8. The molecule has 1 aliphatic rings. The zero-order valence-corrected chi connectivity index (χ0v) is 10.1. The van der Waals surface area contributed by atoms with Crippen molar-refractivity contribution in [1.82, 2.24) is 0 Å². The van der Waals surface area contributed by atoms with E-state index < -0.39 is 21.8 Å². The Kier molecular flexibility index (Phi) is 2.80. The fourth-order valence-electron chi connectivity index (χ4n) is 1.73. The molecule has 1 heterocycles. The highest BCUT2D eigenvalue weighted by Gasteiger charge is 2.36. The molecule has 94 valence electrons. The zero-order chi connectivity index (χ0) is 13.5. The van der Waals surface area contributed by atoms with Gasteiger partial charge in [0.25, 0.3) is 5.91 Å². The first-order chi connectivity index (χ1) is 8.32. The monoisotopic (exact) mass is 266 g/mol. The molecule has 7 heteroatoms. The third-order valence-corrected chi connectivity index (χ3v) is 3.49. The van der Waals surface area contributed by atoms with Crippen LogP contribution in [-0.2, 0) is 19.6 Å². The smallest absolute Gasteiger partial charge is 0.260 e. The number of nitrogens with zero attached hydrogens (tertiary/aromatic N) is 1. The van der Waals surface area contributed by atoms with Crippen molar-refractivity contribution < 1.29 is 18.0 Å². The highest BCUT2D eigenvalue weighted by Crippen LogP contribution is 2.30. The standard InChI is InChI=1S/C11H10N2O4S/c1-7-6-10(14)13(11(7)15)8-4-2-3-5-9(8)18(12,16)17/h2-5H,1,6H2,(H2,12,16,17). The third-order valence-electron chi connectivity index (χ3n) is 2.53. The van der Waals surface area contributed by atoms with Crippen molar-refractivity contribution in [2.45, 2.75) is 11.3 Å². The van der Waals surface area contributed by atoms with Crippen molar-refractivity contribution >= 4 is 27.5 Å². The van der Waals surface area contributed by atoms with Gasteiger partial charge < -0.3 is 0 Å². The first-order valence-corrected chi connectivity index (χ1v) is 6.54. The summed E-state index contributed by atoms with van der Waals surface area (Å²) < 4.78 is 22.8. The predicted octanol–water partition coefficient (Wildman–Crippen LogP) is 0.154. The molecule has 1 aromatic carbocycles. The van der Waals surface area contributed by atoms with Crippen LogP contribution in [0.25, 0.3) is 0 Å². The lowest BCUT2D eigenvalue weighted by Crippen LogP contribution is -2.31. The minimum absolute atomic E-state index is 0.0337. The van der Waals surface area contributed by atoms with E-state index in [1.165, 1.54) is 24.3 Å². The number of amides is 2. The molecule has 0 atom stereocenters. The number of carbonyl (C=O) groups excluding carboxylic acids is 2. The number of rotatable bonds is 2. The number of nitrogens with two attached hydrogens (primary N) is 1. The maximum Gasteiger partial charge on any atom is 0.260 e. The maximum atomic E-state index is 11.8. The van der Waals surface area contributed by atoms with Gasteiger partial charge in [0, 0.05) is 5.57 Å². The quantitative estimate of drug-likeness (QED) is 0.608. The topological polar surface area (TPSA) is 97.5 Å². The number of hydrogen-bond donors (Lipinski definition) is 1. The third kappa shape index (κ3) is 1.93. The van der Waals surface area contributed by atoms with Crippen LogP contribution in [0.5, 0.6) is 0 Å². The molecule has 2 amide bonds. The molecule has 1 aromatic rings. The number of anilines is 1. The van der Waals surface area contributed by atoms with Gasteiger partial charge in [0.05, 0.1) is 12.1 Å². The Balaban J connectivity index is 2.63. The number of sulfonamides is 1. The van der Waals surface area contributed by atoms with Crippen LogP contribution >= 0.6 is 0 Å². The van der Waals surface area contributed by atoms with Crippen molar-refractivity contribution in [2.75, 3.05) is 4.90 Å². The van der Waals surface area contributed by atoms with Crippen LogP contribution in [0.2, 0.25) is 0 Å². The van der Waals surface area contributed by atoms with Gasteiger partial charge >= 0.3 is 0 Å². The van der Waals surface area contributed by atoms with E-state index >= 15 is 0 Å². The predicted molar refractivity (Wildman–Crippen MR) is 64.1 cm³/mol. The second-order valence-corrected chi connectivity index (χ2v) is 5.36. The largest absolute Gasteiger partial charge is 0.274 e. The van der Waals surface area contributed by atoms with Gasteiger partial charge in [0.2, 0.25) is 15.9 Å². The van der Waals surface area contributed by atoms with Crippen molar-refractivity contribution in [3.05, 3.63) is 36.4 Å². The molecule has 18 heavy (non-hydrogen) atoms. The van der Waals surface area contributed by atoms with Crippen LogP contribution < -0.4 is 10.0 Å². The summed E-state index contributed by atoms with van der Waals surface area (Å²) >= 11 is 0. The molecular weight excluding hydrogens is 256 g/mol. The first kappa shape index (κ1) is 12.5. The summed E-state index contributed by atoms with van der Waals surface area (Å²) in [5, 5.41) is 5.05. The molecule has 1 aliphatic heterocycles. The van der Waals surface area contributed by atoms with Crippen molar-refractivity contribution in [2.24, 2.45) is 5.14 Å². The fraction of sp³-hybridized carbons (Fsp3) is 0.0909. The van der Waals surface area contributed by atoms with E-state index in [0.717, 1.165) is 4.90 Å². The van der Waals surface area contributed by atoms with Crippen molar-refractivity contribution in [3.8, 4) is 0 Å². The second-order valence-electron chi connectivity index (χ2n) is 3.83. The van der Waals surface area contributed by atoms with Gasteiger partial charge in [0.15, 0.2) is 0 Å². The summed E-state index contributed by atoms with van der Waals surface area (Å²) in [6.07, 6.45) is -0.113. The average Bonchev–Trinajstić information content (AvgIpc) is 2.52. The van der Waals surface area contributed by atoms with E-state index in [9.17, 15) is 18.0 Å². The number of benzene rings is 1. The van der Waals surface area contributed by atoms with Crippen molar-refractivity contribution in [1.29, 1.82) is 0 Å². The number of imide groups is 1. The molecule has 1 fully saturated rings. The molecule has 0 spiro atoms. The van der Waals surface area contributed by atoms with Gasteiger partial charge in [0.1, 0.15) is 4.90 Å². The van der Waals surface area contributed by atoms with Gasteiger partial charge in [-0.2, -0.15) is 0 Å². The lowest BCUT2D eigenvalue weighted by atomic mass is 10.3. The Hall–Kier alpha value is -1.99. The first-order valence-electron chi connectivity index (χ1n) is 4.99. The number of para-hydroxylation sites is 1. The summed E-state index contributed by atoms with van der Waals surface area (Å²) in [5.41, 5.74) is 0.0953. The lowest BCUT2D eigenvalue weighted by Gasteiger charge is -2.16. The van der Waals surface area contributed by atoms with Gasteiger partial charge in [-0.25, -0.2) is 18.5 Å². The molecule has 0 bridgehead atoms. The molecule has 0 unspecified atom stereocenters. The van der Waals surface area contributed by atoms with E-state index in [1.54, 1.807) is 0 Å². The summed E-state index contributed by atoms with van der Waals surface area (Å²) in [7, 11) is -4.01. The normalized spacial score (nSPS) is 16.5. The Labute approximate surface area is 104 Å². The van der Waals surface area contributed by atoms with Crippen LogP contribution in [0.4, 0.5) is 5.69 Å². The molecular formula is C11H10N2O4S.